The zero-order chi connectivity index (χ0) is 14.7. The Balaban J connectivity index is 1.61. The molecule has 21 heavy (non-hydrogen) atoms. The van der Waals surface area contributed by atoms with Gasteiger partial charge in [-0.15, -0.1) is 0 Å². The summed E-state index contributed by atoms with van der Waals surface area (Å²) in [4.78, 5) is 23.0. The Morgan fingerprint density at radius 3 is 3.19 bits per heavy atom. The Labute approximate surface area is 129 Å². The second-order valence-electron chi connectivity index (χ2n) is 4.32. The molecule has 0 fully saturated rings. The van der Waals surface area contributed by atoms with Gasteiger partial charge in [0.2, 0.25) is 5.78 Å². The Kier molecular flexibility index (Phi) is 3.83. The molecule has 6 nitrogen and oxygen atoms in total. The van der Waals surface area contributed by atoms with Gasteiger partial charge in [-0.3, -0.25) is 9.20 Å². The van der Waals surface area contributed by atoms with Crippen molar-refractivity contribution in [3.63, 3.8) is 0 Å². The van der Waals surface area contributed by atoms with E-state index < -0.39 is 0 Å². The van der Waals surface area contributed by atoms with Crippen LogP contribution >= 0.6 is 15.9 Å². The predicted octanol–water partition coefficient (Wildman–Crippen LogP) is 2.26. The molecule has 3 aromatic heterocycles. The molecule has 0 atom stereocenters. The fraction of sp³-hybridized carbons (Fsp3) is 0.0714. The SMILES string of the molecule is O=C(NC/C=C/c1cnc2ncccn12)c1cc(Br)c[nH]1. The third-order valence-corrected chi connectivity index (χ3v) is 3.34. The van der Waals surface area contributed by atoms with Crippen LogP contribution in [-0.4, -0.2) is 31.8 Å². The van der Waals surface area contributed by atoms with Crippen molar-refractivity contribution in [2.75, 3.05) is 6.54 Å². The zero-order valence-corrected chi connectivity index (χ0v) is 12.5. The smallest absolute Gasteiger partial charge is 0.267 e. The number of aromatic amines is 1. The van der Waals surface area contributed by atoms with E-state index in [4.69, 9.17) is 0 Å². The van der Waals surface area contributed by atoms with Gasteiger partial charge in [0.05, 0.1) is 11.9 Å². The molecule has 0 spiro atoms. The van der Waals surface area contributed by atoms with Crippen molar-refractivity contribution < 1.29 is 4.79 Å². The summed E-state index contributed by atoms with van der Waals surface area (Å²) in [5.74, 6) is 0.502. The van der Waals surface area contributed by atoms with Crippen molar-refractivity contribution in [2.45, 2.75) is 0 Å². The zero-order valence-electron chi connectivity index (χ0n) is 11.0. The first kappa shape index (κ1) is 13.6. The van der Waals surface area contributed by atoms with E-state index in [1.165, 1.54) is 0 Å². The molecule has 3 heterocycles. The van der Waals surface area contributed by atoms with Crippen molar-refractivity contribution in [2.24, 2.45) is 0 Å². The highest BCUT2D eigenvalue weighted by Crippen LogP contribution is 2.10. The lowest BCUT2D eigenvalue weighted by Gasteiger charge is -1.99. The lowest BCUT2D eigenvalue weighted by molar-refractivity contribution is 0.0953. The summed E-state index contributed by atoms with van der Waals surface area (Å²) in [6.07, 6.45) is 10.8. The molecule has 2 N–H and O–H groups in total. The summed E-state index contributed by atoms with van der Waals surface area (Å²) in [6.45, 7) is 0.433. The van der Waals surface area contributed by atoms with Gasteiger partial charge in [0, 0.05) is 29.6 Å². The number of nitrogens with one attached hydrogen (secondary N) is 2. The number of carbonyl (C=O) groups excluding carboxylic acids is 1. The van der Waals surface area contributed by atoms with Gasteiger partial charge in [-0.2, -0.15) is 0 Å². The van der Waals surface area contributed by atoms with E-state index in [1.807, 2.05) is 28.8 Å². The standard InChI is InChI=1S/C14H12BrN5O/c15-10-7-12(18-8-10)13(21)16-4-1-3-11-9-19-14-17-5-2-6-20(11)14/h1-3,5-9,18H,4H2,(H,16,21)/b3-1+. The molecular weight excluding hydrogens is 334 g/mol. The fourth-order valence-corrected chi connectivity index (χ4v) is 2.24. The molecule has 0 unspecified atom stereocenters. The van der Waals surface area contributed by atoms with Gasteiger partial charge in [-0.05, 0) is 34.1 Å². The van der Waals surface area contributed by atoms with E-state index >= 15 is 0 Å². The summed E-state index contributed by atoms with van der Waals surface area (Å²) in [7, 11) is 0. The average Bonchev–Trinajstić information content (AvgIpc) is 3.10. The van der Waals surface area contributed by atoms with Crippen molar-refractivity contribution in [1.82, 2.24) is 24.7 Å². The number of hydrogen-bond donors (Lipinski definition) is 2. The molecule has 0 saturated carbocycles. The van der Waals surface area contributed by atoms with Gasteiger partial charge >= 0.3 is 0 Å². The topological polar surface area (TPSA) is 75.1 Å². The molecule has 1 amide bonds. The van der Waals surface area contributed by atoms with Gasteiger partial charge in [-0.25, -0.2) is 9.97 Å². The highest BCUT2D eigenvalue weighted by molar-refractivity contribution is 9.10. The third kappa shape index (κ3) is 3.03. The van der Waals surface area contributed by atoms with Gasteiger partial charge in [-0.1, -0.05) is 6.08 Å². The first-order valence-corrected chi connectivity index (χ1v) is 7.10. The molecule has 0 radical (unpaired) electrons. The molecule has 0 aromatic carbocycles. The number of hydrogen-bond acceptors (Lipinski definition) is 3. The molecule has 0 aliphatic carbocycles. The summed E-state index contributed by atoms with van der Waals surface area (Å²) in [6, 6.07) is 3.58. The van der Waals surface area contributed by atoms with Gasteiger partial charge in [0.15, 0.2) is 0 Å². The fourth-order valence-electron chi connectivity index (χ4n) is 1.90. The highest BCUT2D eigenvalue weighted by atomic mass is 79.9. The number of aromatic nitrogens is 4. The molecule has 3 rings (SSSR count). The van der Waals surface area contributed by atoms with Crippen molar-refractivity contribution in [1.29, 1.82) is 0 Å². The summed E-state index contributed by atoms with van der Waals surface area (Å²) in [5, 5.41) is 2.80. The predicted molar refractivity (Wildman–Crippen MR) is 82.8 cm³/mol. The number of amides is 1. The largest absolute Gasteiger partial charge is 0.356 e. The maximum absolute atomic E-state index is 11.8. The molecule has 7 heteroatoms. The maximum atomic E-state index is 11.8. The van der Waals surface area contributed by atoms with Crippen LogP contribution in [0.15, 0.2) is 47.5 Å². The van der Waals surface area contributed by atoms with Crippen LogP contribution in [0.2, 0.25) is 0 Å². The molecule has 0 bridgehead atoms. The van der Waals surface area contributed by atoms with E-state index in [0.29, 0.717) is 18.0 Å². The van der Waals surface area contributed by atoms with E-state index in [1.54, 1.807) is 24.7 Å². The minimum absolute atomic E-state index is 0.148. The van der Waals surface area contributed by atoms with Crippen molar-refractivity contribution in [3.8, 4) is 0 Å². The van der Waals surface area contributed by atoms with Gasteiger partial charge < -0.3 is 10.3 Å². The van der Waals surface area contributed by atoms with Gasteiger partial charge in [0.1, 0.15) is 5.69 Å². The number of H-pyrrole nitrogens is 1. The number of rotatable bonds is 4. The maximum Gasteiger partial charge on any atom is 0.267 e. The van der Waals surface area contributed by atoms with Crippen LogP contribution in [0.3, 0.4) is 0 Å². The minimum Gasteiger partial charge on any atom is -0.356 e. The monoisotopic (exact) mass is 345 g/mol. The lowest BCUT2D eigenvalue weighted by atomic mass is 10.3. The number of nitrogens with zero attached hydrogens (tertiary/aromatic N) is 3. The van der Waals surface area contributed by atoms with Crippen LogP contribution in [-0.2, 0) is 0 Å². The lowest BCUT2D eigenvalue weighted by Crippen LogP contribution is -2.23. The van der Waals surface area contributed by atoms with E-state index in [-0.39, 0.29) is 5.91 Å². The summed E-state index contributed by atoms with van der Waals surface area (Å²) >= 11 is 3.29. The molecule has 106 valence electrons. The Morgan fingerprint density at radius 2 is 2.38 bits per heavy atom. The van der Waals surface area contributed by atoms with Crippen LogP contribution in [0.1, 0.15) is 16.2 Å². The first-order chi connectivity index (χ1) is 10.2. The van der Waals surface area contributed by atoms with E-state index in [0.717, 1.165) is 10.2 Å². The second-order valence-corrected chi connectivity index (χ2v) is 5.23. The minimum atomic E-state index is -0.148. The molecule has 0 aliphatic heterocycles. The first-order valence-electron chi connectivity index (χ1n) is 6.31. The van der Waals surface area contributed by atoms with Crippen molar-refractivity contribution in [3.05, 3.63) is 58.9 Å². The normalized spacial score (nSPS) is 11.3. The van der Waals surface area contributed by atoms with Crippen LogP contribution in [0.4, 0.5) is 0 Å². The van der Waals surface area contributed by atoms with E-state index in [9.17, 15) is 4.79 Å². The van der Waals surface area contributed by atoms with Crippen molar-refractivity contribution >= 4 is 33.7 Å². The number of imidazole rings is 1. The average molecular weight is 346 g/mol. The van der Waals surface area contributed by atoms with Crippen LogP contribution in [0, 0.1) is 0 Å². The number of carbonyl (C=O) groups is 1. The van der Waals surface area contributed by atoms with Crippen LogP contribution in [0.5, 0.6) is 0 Å². The van der Waals surface area contributed by atoms with E-state index in [2.05, 4.69) is 36.2 Å². The Bertz CT molecular complexity index is 804. The molecule has 0 saturated heterocycles. The highest BCUT2D eigenvalue weighted by Gasteiger charge is 2.05. The molecule has 0 aliphatic rings. The van der Waals surface area contributed by atoms with Gasteiger partial charge in [0.25, 0.3) is 5.91 Å². The molecule has 3 aromatic rings. The number of fused-ring (bicyclic) bond motifs is 1. The second kappa shape index (κ2) is 5.92. The third-order valence-electron chi connectivity index (χ3n) is 2.88. The summed E-state index contributed by atoms with van der Waals surface area (Å²) in [5.41, 5.74) is 1.43. The molecular formula is C14H12BrN5O. The van der Waals surface area contributed by atoms with Crippen LogP contribution in [0.25, 0.3) is 11.9 Å². The number of halogens is 1. The quantitative estimate of drug-likeness (QED) is 0.761. The van der Waals surface area contributed by atoms with Crippen LogP contribution < -0.4 is 5.32 Å². The summed E-state index contributed by atoms with van der Waals surface area (Å²) < 4.78 is 2.72. The Morgan fingerprint density at radius 1 is 1.48 bits per heavy atom. The Hall–Kier alpha value is -2.41.